The first-order valence-corrected chi connectivity index (χ1v) is 8.16. The number of likely N-dealkylation sites (N-methyl/N-ethyl adjacent to an activating group) is 1. The maximum atomic E-state index is 12.9. The van der Waals surface area contributed by atoms with Gasteiger partial charge in [-0.25, -0.2) is 4.39 Å². The minimum absolute atomic E-state index is 0.0668. The summed E-state index contributed by atoms with van der Waals surface area (Å²) in [6.07, 6.45) is 2.00. The molecule has 0 saturated carbocycles. The van der Waals surface area contributed by atoms with Crippen LogP contribution in [0.2, 0.25) is 0 Å². The molecule has 0 heterocycles. The normalized spacial score (nSPS) is 10.7. The number of amides is 1. The Balaban J connectivity index is 1.86. The number of nitrogens with zero attached hydrogens (tertiary/aromatic N) is 1. The van der Waals surface area contributed by atoms with Crippen LogP contribution in [0.25, 0.3) is 0 Å². The minimum atomic E-state index is -0.252. The van der Waals surface area contributed by atoms with Gasteiger partial charge in [-0.3, -0.25) is 9.69 Å². The third-order valence-electron chi connectivity index (χ3n) is 3.13. The van der Waals surface area contributed by atoms with E-state index < -0.39 is 0 Å². The summed E-state index contributed by atoms with van der Waals surface area (Å²) in [5, 5.41) is 2.89. The largest absolute Gasteiger partial charge is 0.325 e. The molecule has 0 saturated heterocycles. The van der Waals surface area contributed by atoms with E-state index in [2.05, 4.69) is 5.32 Å². The monoisotopic (exact) mass is 318 g/mol. The van der Waals surface area contributed by atoms with Gasteiger partial charge in [0.1, 0.15) is 5.82 Å². The van der Waals surface area contributed by atoms with Crippen molar-refractivity contribution in [3.63, 3.8) is 0 Å². The molecular formula is C17H19FN2OS. The highest BCUT2D eigenvalue weighted by atomic mass is 32.2. The smallest absolute Gasteiger partial charge is 0.238 e. The van der Waals surface area contributed by atoms with Crippen LogP contribution in [0.1, 0.15) is 5.56 Å². The van der Waals surface area contributed by atoms with Crippen LogP contribution in [0.4, 0.5) is 10.1 Å². The molecule has 1 amide bonds. The van der Waals surface area contributed by atoms with Crippen molar-refractivity contribution in [1.82, 2.24) is 4.90 Å². The molecule has 2 rings (SSSR count). The second kappa shape index (κ2) is 7.96. The number of benzene rings is 2. The van der Waals surface area contributed by atoms with E-state index in [-0.39, 0.29) is 18.3 Å². The fourth-order valence-electron chi connectivity index (χ4n) is 2.10. The highest BCUT2D eigenvalue weighted by Crippen LogP contribution is 2.18. The summed E-state index contributed by atoms with van der Waals surface area (Å²) in [5.41, 5.74) is 1.77. The van der Waals surface area contributed by atoms with Crippen molar-refractivity contribution < 1.29 is 9.18 Å². The summed E-state index contributed by atoms with van der Waals surface area (Å²) in [5.74, 6) is -0.319. The lowest BCUT2D eigenvalue weighted by Gasteiger charge is -2.16. The zero-order valence-electron chi connectivity index (χ0n) is 12.7. The lowest BCUT2D eigenvalue weighted by atomic mass is 10.2. The van der Waals surface area contributed by atoms with Crippen LogP contribution in [-0.2, 0) is 11.3 Å². The zero-order valence-corrected chi connectivity index (χ0v) is 13.5. The van der Waals surface area contributed by atoms with Gasteiger partial charge in [-0.1, -0.05) is 18.2 Å². The molecule has 0 unspecified atom stereocenters. The van der Waals surface area contributed by atoms with Crippen LogP contribution in [0.5, 0.6) is 0 Å². The molecule has 0 aliphatic rings. The maximum absolute atomic E-state index is 12.9. The molecule has 2 aromatic carbocycles. The third kappa shape index (κ3) is 5.16. The molecule has 2 aromatic rings. The van der Waals surface area contributed by atoms with Crippen molar-refractivity contribution >= 4 is 23.4 Å². The fourth-order valence-corrected chi connectivity index (χ4v) is 2.56. The third-order valence-corrected chi connectivity index (χ3v) is 3.86. The van der Waals surface area contributed by atoms with Crippen molar-refractivity contribution in [2.45, 2.75) is 11.4 Å². The minimum Gasteiger partial charge on any atom is -0.325 e. The Morgan fingerprint density at radius 1 is 1.23 bits per heavy atom. The number of hydrogen-bond donors (Lipinski definition) is 1. The number of carbonyl (C=O) groups excluding carboxylic acids is 1. The van der Waals surface area contributed by atoms with Crippen LogP contribution in [0.3, 0.4) is 0 Å². The van der Waals surface area contributed by atoms with E-state index in [1.54, 1.807) is 23.9 Å². The van der Waals surface area contributed by atoms with E-state index in [0.29, 0.717) is 6.54 Å². The Labute approximate surface area is 134 Å². The number of nitrogens with one attached hydrogen (secondary N) is 1. The quantitative estimate of drug-likeness (QED) is 0.826. The highest BCUT2D eigenvalue weighted by Gasteiger charge is 2.08. The average Bonchev–Trinajstić information content (AvgIpc) is 2.49. The summed E-state index contributed by atoms with van der Waals surface area (Å²) in [7, 11) is 1.86. The van der Waals surface area contributed by atoms with Gasteiger partial charge in [0, 0.05) is 17.1 Å². The summed E-state index contributed by atoms with van der Waals surface area (Å²) in [4.78, 5) is 15.0. The molecule has 5 heteroatoms. The molecule has 0 fully saturated rings. The number of anilines is 1. The Bertz CT molecular complexity index is 631. The van der Waals surface area contributed by atoms with Gasteiger partial charge in [0.25, 0.3) is 0 Å². The van der Waals surface area contributed by atoms with Crippen molar-refractivity contribution in [2.24, 2.45) is 0 Å². The van der Waals surface area contributed by atoms with Crippen molar-refractivity contribution in [3.8, 4) is 0 Å². The van der Waals surface area contributed by atoms with Crippen LogP contribution in [-0.4, -0.2) is 30.7 Å². The summed E-state index contributed by atoms with van der Waals surface area (Å²) in [6, 6.07) is 14.1. The first-order chi connectivity index (χ1) is 10.6. The van der Waals surface area contributed by atoms with E-state index in [9.17, 15) is 9.18 Å². The van der Waals surface area contributed by atoms with Gasteiger partial charge in [0.2, 0.25) is 5.91 Å². The molecule has 0 aromatic heterocycles. The van der Waals surface area contributed by atoms with Crippen LogP contribution in [0, 0.1) is 5.82 Å². The number of rotatable bonds is 6. The second-order valence-electron chi connectivity index (χ2n) is 5.08. The number of halogens is 1. The predicted octanol–water partition coefficient (Wildman–Crippen LogP) is 3.62. The van der Waals surface area contributed by atoms with Crippen LogP contribution in [0.15, 0.2) is 53.4 Å². The molecule has 116 valence electrons. The standard InChI is InChI=1S/C17H19FN2OS/c1-20(11-13-6-8-14(18)9-7-13)12-17(21)19-15-4-3-5-16(10-15)22-2/h3-10H,11-12H2,1-2H3,(H,19,21). The molecular weight excluding hydrogens is 299 g/mol. The summed E-state index contributed by atoms with van der Waals surface area (Å²) < 4.78 is 12.9. The van der Waals surface area contributed by atoms with Crippen molar-refractivity contribution in [3.05, 3.63) is 59.9 Å². The van der Waals surface area contributed by atoms with E-state index in [1.807, 2.05) is 42.5 Å². The molecule has 0 spiro atoms. The van der Waals surface area contributed by atoms with Crippen LogP contribution >= 0.6 is 11.8 Å². The Morgan fingerprint density at radius 2 is 1.95 bits per heavy atom. The van der Waals surface area contributed by atoms with E-state index in [4.69, 9.17) is 0 Å². The Morgan fingerprint density at radius 3 is 2.64 bits per heavy atom. The number of thioether (sulfide) groups is 1. The Hall–Kier alpha value is -1.85. The molecule has 0 aliphatic carbocycles. The molecule has 3 nitrogen and oxygen atoms in total. The molecule has 22 heavy (non-hydrogen) atoms. The first kappa shape index (κ1) is 16.5. The number of carbonyl (C=O) groups is 1. The SMILES string of the molecule is CSc1cccc(NC(=O)CN(C)Cc2ccc(F)cc2)c1. The topological polar surface area (TPSA) is 32.3 Å². The van der Waals surface area contributed by atoms with Gasteiger partial charge in [-0.2, -0.15) is 0 Å². The zero-order chi connectivity index (χ0) is 15.9. The maximum Gasteiger partial charge on any atom is 0.238 e. The first-order valence-electron chi connectivity index (χ1n) is 6.93. The van der Waals surface area contributed by atoms with Gasteiger partial charge in [-0.15, -0.1) is 11.8 Å². The van der Waals surface area contributed by atoms with Gasteiger partial charge in [0.15, 0.2) is 0 Å². The van der Waals surface area contributed by atoms with Crippen molar-refractivity contribution in [1.29, 1.82) is 0 Å². The van der Waals surface area contributed by atoms with E-state index in [0.717, 1.165) is 16.1 Å². The summed E-state index contributed by atoms with van der Waals surface area (Å²) >= 11 is 1.63. The lowest BCUT2D eigenvalue weighted by Crippen LogP contribution is -2.29. The van der Waals surface area contributed by atoms with E-state index >= 15 is 0 Å². The molecule has 1 N–H and O–H groups in total. The van der Waals surface area contributed by atoms with Gasteiger partial charge in [0.05, 0.1) is 6.54 Å². The van der Waals surface area contributed by atoms with Crippen molar-refractivity contribution in [2.75, 3.05) is 25.2 Å². The lowest BCUT2D eigenvalue weighted by molar-refractivity contribution is -0.117. The number of hydrogen-bond acceptors (Lipinski definition) is 3. The van der Waals surface area contributed by atoms with E-state index in [1.165, 1.54) is 12.1 Å². The van der Waals surface area contributed by atoms with Gasteiger partial charge < -0.3 is 5.32 Å². The summed E-state index contributed by atoms with van der Waals surface area (Å²) in [6.45, 7) is 0.874. The highest BCUT2D eigenvalue weighted by molar-refractivity contribution is 7.98. The second-order valence-corrected chi connectivity index (χ2v) is 5.96. The Kier molecular flexibility index (Phi) is 5.98. The molecule has 0 bridgehead atoms. The van der Waals surface area contributed by atoms with Gasteiger partial charge in [-0.05, 0) is 49.2 Å². The molecule has 0 radical (unpaired) electrons. The molecule has 0 atom stereocenters. The van der Waals surface area contributed by atoms with Gasteiger partial charge >= 0.3 is 0 Å². The average molecular weight is 318 g/mol. The fraction of sp³-hybridized carbons (Fsp3) is 0.235. The molecule has 0 aliphatic heterocycles. The van der Waals surface area contributed by atoms with Crippen LogP contribution < -0.4 is 5.32 Å². The predicted molar refractivity (Wildman–Crippen MR) is 89.6 cm³/mol.